The predicted molar refractivity (Wildman–Crippen MR) is 110 cm³/mol. The summed E-state index contributed by atoms with van der Waals surface area (Å²) >= 11 is 0. The molecule has 2 fully saturated rings. The van der Waals surface area contributed by atoms with Gasteiger partial charge in [0.05, 0.1) is 17.8 Å². The lowest BCUT2D eigenvalue weighted by Gasteiger charge is -2.29. The Morgan fingerprint density at radius 2 is 1.86 bits per heavy atom. The van der Waals surface area contributed by atoms with Gasteiger partial charge >= 0.3 is 0 Å². The van der Waals surface area contributed by atoms with Crippen LogP contribution in [-0.2, 0) is 6.54 Å². The topological polar surface area (TPSA) is 61.8 Å². The molecule has 2 N–H and O–H groups in total. The molecule has 1 amide bonds. The van der Waals surface area contributed by atoms with Gasteiger partial charge in [-0.2, -0.15) is 0 Å². The number of likely N-dealkylation sites (tertiary alicyclic amines) is 1. The Morgan fingerprint density at radius 1 is 1.07 bits per heavy atom. The summed E-state index contributed by atoms with van der Waals surface area (Å²) in [5.41, 5.74) is 2.52. The van der Waals surface area contributed by atoms with Crippen molar-refractivity contribution >= 4 is 11.6 Å². The molecular weight excluding hydrogens is 352 g/mol. The number of hydrogen-bond acceptors (Lipinski definition) is 4. The zero-order valence-electron chi connectivity index (χ0n) is 16.1. The van der Waals surface area contributed by atoms with Crippen molar-refractivity contribution in [3.8, 4) is 5.75 Å². The second-order valence-electron chi connectivity index (χ2n) is 7.83. The lowest BCUT2D eigenvalue weighted by molar-refractivity contribution is 0.0792. The number of piperidine rings is 1. The molecule has 1 saturated heterocycles. The molecule has 0 atom stereocenters. The molecule has 4 rings (SSSR count). The molecule has 0 bridgehead atoms. The number of rotatable bonds is 6. The zero-order valence-corrected chi connectivity index (χ0v) is 16.1. The predicted octanol–water partition coefficient (Wildman–Crippen LogP) is 3.83. The van der Waals surface area contributed by atoms with Gasteiger partial charge in [-0.25, -0.2) is 0 Å². The maximum atomic E-state index is 12.8. The molecule has 1 saturated carbocycles. The summed E-state index contributed by atoms with van der Waals surface area (Å²) in [6.45, 7) is 2.64. The minimum Gasteiger partial charge on any atom is -0.490 e. The molecule has 0 radical (unpaired) electrons. The Hall–Kier alpha value is -2.37. The van der Waals surface area contributed by atoms with Crippen LogP contribution < -0.4 is 10.1 Å². The van der Waals surface area contributed by atoms with E-state index in [2.05, 4.69) is 16.3 Å². The number of amides is 1. The number of anilines is 1. The molecule has 0 unspecified atom stereocenters. The van der Waals surface area contributed by atoms with E-state index >= 15 is 0 Å². The Balaban J connectivity index is 1.41. The largest absolute Gasteiger partial charge is 0.490 e. The number of aliphatic hydroxyl groups excluding tert-OH is 1. The van der Waals surface area contributed by atoms with Gasteiger partial charge in [-0.3, -0.25) is 9.69 Å². The van der Waals surface area contributed by atoms with Crippen LogP contribution in [0.2, 0.25) is 0 Å². The van der Waals surface area contributed by atoms with E-state index in [0.717, 1.165) is 56.6 Å². The number of benzene rings is 2. The Bertz CT molecular complexity index is 811. The van der Waals surface area contributed by atoms with Gasteiger partial charge in [0, 0.05) is 25.3 Å². The fourth-order valence-electron chi connectivity index (χ4n) is 3.71. The Kier molecular flexibility index (Phi) is 5.93. The number of nitrogens with one attached hydrogen (secondary N) is 1. The molecule has 1 aliphatic carbocycles. The highest BCUT2D eigenvalue weighted by atomic mass is 16.5. The van der Waals surface area contributed by atoms with Crippen LogP contribution in [0.5, 0.6) is 5.75 Å². The van der Waals surface area contributed by atoms with Gasteiger partial charge in [-0.05, 0) is 61.9 Å². The second kappa shape index (κ2) is 8.76. The third-order valence-corrected chi connectivity index (χ3v) is 5.63. The fraction of sp³-hybridized carbons (Fsp3) is 0.435. The quantitative estimate of drug-likeness (QED) is 0.800. The van der Waals surface area contributed by atoms with Crippen LogP contribution in [0.15, 0.2) is 48.5 Å². The van der Waals surface area contributed by atoms with Crippen LogP contribution in [0.4, 0.5) is 5.69 Å². The maximum absolute atomic E-state index is 12.8. The van der Waals surface area contributed by atoms with Crippen LogP contribution in [-0.4, -0.2) is 41.2 Å². The van der Waals surface area contributed by atoms with Crippen molar-refractivity contribution in [2.24, 2.45) is 0 Å². The molecule has 2 aromatic rings. The summed E-state index contributed by atoms with van der Waals surface area (Å²) in [5.74, 6) is 0.515. The Labute approximate surface area is 166 Å². The average molecular weight is 380 g/mol. The molecule has 5 nitrogen and oxygen atoms in total. The number of carbonyl (C=O) groups excluding carboxylic acids is 1. The van der Waals surface area contributed by atoms with E-state index in [9.17, 15) is 9.90 Å². The minimum absolute atomic E-state index is 0.145. The molecule has 0 aromatic heterocycles. The first-order valence-corrected chi connectivity index (χ1v) is 10.2. The summed E-state index contributed by atoms with van der Waals surface area (Å²) in [6.07, 6.45) is 5.05. The number of ether oxygens (including phenoxy) is 1. The summed E-state index contributed by atoms with van der Waals surface area (Å²) < 4.78 is 5.99. The molecule has 1 heterocycles. The maximum Gasteiger partial charge on any atom is 0.259 e. The minimum atomic E-state index is -0.163. The number of nitrogens with zero attached hydrogens (tertiary/aromatic N) is 1. The van der Waals surface area contributed by atoms with Gasteiger partial charge in [0.15, 0.2) is 0 Å². The number of para-hydroxylation sites is 1. The average Bonchev–Trinajstić information content (AvgIpc) is 2.67. The number of carbonyl (C=O) groups is 1. The normalized spacial score (nSPS) is 18.5. The fourth-order valence-corrected chi connectivity index (χ4v) is 3.71. The smallest absolute Gasteiger partial charge is 0.259 e. The van der Waals surface area contributed by atoms with E-state index in [-0.39, 0.29) is 18.1 Å². The molecule has 28 heavy (non-hydrogen) atoms. The van der Waals surface area contributed by atoms with Crippen molar-refractivity contribution in [3.63, 3.8) is 0 Å². The first kappa shape index (κ1) is 19.0. The zero-order chi connectivity index (χ0) is 19.3. The van der Waals surface area contributed by atoms with E-state index in [1.54, 1.807) is 0 Å². The standard InChI is InChI=1S/C23H28N2O3/c26-19-11-13-25(14-12-19)16-17-5-3-6-18(15-17)24-23(27)21-9-1-2-10-22(21)28-20-7-4-8-20/h1-3,5-6,9-10,15,19-20,26H,4,7-8,11-14,16H2,(H,24,27). The molecule has 148 valence electrons. The van der Waals surface area contributed by atoms with Crippen molar-refractivity contribution in [2.75, 3.05) is 18.4 Å². The van der Waals surface area contributed by atoms with Crippen LogP contribution in [0.3, 0.4) is 0 Å². The first-order chi connectivity index (χ1) is 13.7. The first-order valence-electron chi connectivity index (χ1n) is 10.2. The molecule has 5 heteroatoms. The lowest BCUT2D eigenvalue weighted by Crippen LogP contribution is -2.35. The van der Waals surface area contributed by atoms with Gasteiger partial charge in [0.25, 0.3) is 5.91 Å². The SMILES string of the molecule is O=C(Nc1cccc(CN2CCC(O)CC2)c1)c1ccccc1OC1CCC1. The van der Waals surface area contributed by atoms with Crippen LogP contribution in [0.1, 0.15) is 48.0 Å². The van der Waals surface area contributed by atoms with Gasteiger partial charge in [0.1, 0.15) is 5.75 Å². The third kappa shape index (κ3) is 4.72. The highest BCUT2D eigenvalue weighted by molar-refractivity contribution is 6.06. The highest BCUT2D eigenvalue weighted by Gasteiger charge is 2.22. The summed E-state index contributed by atoms with van der Waals surface area (Å²) in [6, 6.07) is 15.4. The third-order valence-electron chi connectivity index (χ3n) is 5.63. The van der Waals surface area contributed by atoms with Gasteiger partial charge in [-0.15, -0.1) is 0 Å². The van der Waals surface area contributed by atoms with E-state index in [1.165, 1.54) is 6.42 Å². The molecule has 1 aliphatic heterocycles. The molecule has 2 aliphatic rings. The molecular formula is C23H28N2O3. The van der Waals surface area contributed by atoms with E-state index < -0.39 is 0 Å². The van der Waals surface area contributed by atoms with E-state index in [4.69, 9.17) is 4.74 Å². The molecule has 0 spiro atoms. The van der Waals surface area contributed by atoms with Crippen molar-refractivity contribution in [1.29, 1.82) is 0 Å². The number of aliphatic hydroxyl groups is 1. The lowest BCUT2D eigenvalue weighted by atomic mass is 9.96. The summed E-state index contributed by atoms with van der Waals surface area (Å²) in [4.78, 5) is 15.2. The van der Waals surface area contributed by atoms with Gasteiger partial charge < -0.3 is 15.2 Å². The summed E-state index contributed by atoms with van der Waals surface area (Å²) in [5, 5.41) is 12.7. The van der Waals surface area contributed by atoms with Crippen molar-refractivity contribution in [2.45, 2.75) is 50.9 Å². The summed E-state index contributed by atoms with van der Waals surface area (Å²) in [7, 11) is 0. The second-order valence-corrected chi connectivity index (χ2v) is 7.83. The van der Waals surface area contributed by atoms with Crippen LogP contribution >= 0.6 is 0 Å². The van der Waals surface area contributed by atoms with Crippen LogP contribution in [0, 0.1) is 0 Å². The number of hydrogen-bond donors (Lipinski definition) is 2. The highest BCUT2D eigenvalue weighted by Crippen LogP contribution is 2.28. The molecule has 2 aromatic carbocycles. The van der Waals surface area contributed by atoms with Gasteiger partial charge in [-0.1, -0.05) is 24.3 Å². The van der Waals surface area contributed by atoms with Gasteiger partial charge in [0.2, 0.25) is 0 Å². The Morgan fingerprint density at radius 3 is 2.61 bits per heavy atom. The van der Waals surface area contributed by atoms with Crippen LogP contribution in [0.25, 0.3) is 0 Å². The van der Waals surface area contributed by atoms with Crippen molar-refractivity contribution < 1.29 is 14.6 Å². The van der Waals surface area contributed by atoms with E-state index in [0.29, 0.717) is 11.3 Å². The van der Waals surface area contributed by atoms with Crippen molar-refractivity contribution in [3.05, 3.63) is 59.7 Å². The monoisotopic (exact) mass is 380 g/mol. The van der Waals surface area contributed by atoms with Crippen molar-refractivity contribution in [1.82, 2.24) is 4.90 Å². The van der Waals surface area contributed by atoms with E-state index in [1.807, 2.05) is 42.5 Å².